The van der Waals surface area contributed by atoms with Gasteiger partial charge < -0.3 is 4.52 Å². The third-order valence-corrected chi connectivity index (χ3v) is 5.84. The molecule has 3 aromatic rings. The van der Waals surface area contributed by atoms with E-state index in [4.69, 9.17) is 4.52 Å². The van der Waals surface area contributed by atoms with Gasteiger partial charge >= 0.3 is 0 Å². The Balaban J connectivity index is 1.38. The number of carbonyl (C=O) groups is 2. The van der Waals surface area contributed by atoms with Crippen molar-refractivity contribution in [1.82, 2.24) is 15.1 Å². The lowest BCUT2D eigenvalue weighted by molar-refractivity contribution is -0.123. The first-order valence-corrected chi connectivity index (χ1v) is 10.1. The molecule has 2 aliphatic heterocycles. The molecule has 2 atom stereocenters. The highest BCUT2D eigenvalue weighted by molar-refractivity contribution is 9.10. The van der Waals surface area contributed by atoms with Gasteiger partial charge in [-0.2, -0.15) is 10.1 Å². The van der Waals surface area contributed by atoms with Gasteiger partial charge in [0.25, 0.3) is 11.8 Å². The predicted molar refractivity (Wildman–Crippen MR) is 109 cm³/mol. The van der Waals surface area contributed by atoms with Crippen molar-refractivity contribution in [3.05, 3.63) is 64.2 Å². The van der Waals surface area contributed by atoms with Gasteiger partial charge in [-0.05, 0) is 36.8 Å². The monoisotopic (exact) mass is 484 g/mol. The number of carbonyl (C=O) groups excluding carboxylic acids is 2. The average molecular weight is 485 g/mol. The van der Waals surface area contributed by atoms with Crippen LogP contribution >= 0.6 is 15.9 Å². The molecule has 0 radical (unpaired) electrons. The fourth-order valence-electron chi connectivity index (χ4n) is 3.54. The molecule has 1 saturated heterocycles. The van der Waals surface area contributed by atoms with Crippen LogP contribution in [0.5, 0.6) is 0 Å². The Kier molecular flexibility index (Phi) is 4.62. The highest BCUT2D eigenvalue weighted by Crippen LogP contribution is 2.33. The number of aromatic nitrogens is 2. The van der Waals surface area contributed by atoms with Crippen LogP contribution in [0.2, 0.25) is 0 Å². The van der Waals surface area contributed by atoms with E-state index in [1.54, 1.807) is 6.92 Å². The Morgan fingerprint density at radius 2 is 1.97 bits per heavy atom. The summed E-state index contributed by atoms with van der Waals surface area (Å²) in [5, 5.41) is 13.2. The minimum atomic E-state index is -0.998. The normalized spacial score (nSPS) is 20.1. The molecule has 0 spiro atoms. The van der Waals surface area contributed by atoms with Gasteiger partial charge in [-0.25, -0.2) is 9.29 Å². The van der Waals surface area contributed by atoms with Gasteiger partial charge in [0.2, 0.25) is 11.7 Å². The number of fused-ring (bicyclic) bond motifs is 1. The Labute approximate surface area is 183 Å². The van der Waals surface area contributed by atoms with E-state index in [2.05, 4.69) is 36.4 Å². The van der Waals surface area contributed by atoms with Gasteiger partial charge in [0.05, 0.1) is 5.69 Å². The van der Waals surface area contributed by atoms with Gasteiger partial charge in [-0.3, -0.25) is 14.6 Å². The van der Waals surface area contributed by atoms with E-state index in [1.165, 1.54) is 17.1 Å². The second kappa shape index (κ2) is 7.34. The average Bonchev–Trinajstić information content (AvgIpc) is 3.43. The van der Waals surface area contributed by atoms with Gasteiger partial charge in [0, 0.05) is 10.0 Å². The predicted octanol–water partition coefficient (Wildman–Crippen LogP) is 3.44. The lowest BCUT2D eigenvalue weighted by atomic mass is 10.1. The summed E-state index contributed by atoms with van der Waals surface area (Å²) in [5.74, 6) is -0.997. The number of aryl methyl sites for hydroxylation is 1. The smallest absolute Gasteiger partial charge is 0.263 e. The maximum Gasteiger partial charge on any atom is 0.263 e. The van der Waals surface area contributed by atoms with Crippen LogP contribution < -0.4 is 4.90 Å². The zero-order valence-electron chi connectivity index (χ0n) is 16.1. The van der Waals surface area contributed by atoms with E-state index < -0.39 is 29.7 Å². The van der Waals surface area contributed by atoms with Crippen LogP contribution in [0.1, 0.15) is 11.5 Å². The van der Waals surface area contributed by atoms with E-state index >= 15 is 0 Å². The minimum Gasteiger partial charge on any atom is -0.337 e. The summed E-state index contributed by atoms with van der Waals surface area (Å²) in [4.78, 5) is 31.1. The van der Waals surface area contributed by atoms with Crippen molar-refractivity contribution in [3.8, 4) is 11.4 Å². The molecule has 0 aliphatic carbocycles. The maximum absolute atomic E-state index is 14.0. The summed E-state index contributed by atoms with van der Waals surface area (Å²) in [6, 6.07) is 9.67. The lowest BCUT2D eigenvalue weighted by Crippen LogP contribution is -2.39. The number of amides is 2. The number of halogens is 2. The summed E-state index contributed by atoms with van der Waals surface area (Å²) in [5.41, 5.74) is 1.33. The lowest BCUT2D eigenvalue weighted by Gasteiger charge is -2.19. The molecule has 3 heterocycles. The van der Waals surface area contributed by atoms with Crippen molar-refractivity contribution >= 4 is 33.4 Å². The Bertz CT molecular complexity index is 1250. The van der Waals surface area contributed by atoms with E-state index in [9.17, 15) is 14.0 Å². The molecule has 0 N–H and O–H groups in total. The van der Waals surface area contributed by atoms with Crippen LogP contribution in [-0.2, 0) is 16.1 Å². The van der Waals surface area contributed by atoms with E-state index in [0.717, 1.165) is 21.0 Å². The largest absolute Gasteiger partial charge is 0.337 e. The van der Waals surface area contributed by atoms with Gasteiger partial charge in [0.1, 0.15) is 12.4 Å². The summed E-state index contributed by atoms with van der Waals surface area (Å²) < 4.78 is 20.1. The molecule has 2 aromatic carbocycles. The molecule has 1 aromatic heterocycles. The van der Waals surface area contributed by atoms with Crippen LogP contribution in [-0.4, -0.2) is 39.0 Å². The molecule has 156 valence electrons. The number of imide groups is 1. The standard InChI is InChI=1S/C20H14BrFN6O3/c1-10-6-7-11(8-14(10)22)28-19(29)16-17(20(28)30)27(26-24-16)9-15-23-18(25-31-15)12-4-2-3-5-13(12)21/h2-8,16-17H,9H2,1H3/t16-,17+/m1/s1. The first kappa shape index (κ1) is 19.5. The molecule has 2 aliphatic rings. The topological polar surface area (TPSA) is 104 Å². The maximum atomic E-state index is 14.0. The molecule has 31 heavy (non-hydrogen) atoms. The number of nitrogens with zero attached hydrogens (tertiary/aromatic N) is 6. The summed E-state index contributed by atoms with van der Waals surface area (Å²) >= 11 is 3.44. The number of hydrogen-bond acceptors (Lipinski definition) is 8. The second-order valence-corrected chi connectivity index (χ2v) is 7.98. The fraction of sp³-hybridized carbons (Fsp3) is 0.200. The van der Waals surface area contributed by atoms with E-state index in [0.29, 0.717) is 11.4 Å². The van der Waals surface area contributed by atoms with Crippen molar-refractivity contribution in [3.63, 3.8) is 0 Å². The minimum absolute atomic E-state index is 0.00274. The number of benzene rings is 2. The zero-order valence-corrected chi connectivity index (χ0v) is 17.7. The van der Waals surface area contributed by atoms with Crippen molar-refractivity contribution in [2.24, 2.45) is 10.3 Å². The Hall–Kier alpha value is -3.47. The van der Waals surface area contributed by atoms with Crippen molar-refractivity contribution < 1.29 is 18.5 Å². The van der Waals surface area contributed by atoms with E-state index in [1.807, 2.05) is 24.3 Å². The van der Waals surface area contributed by atoms with Crippen LogP contribution in [0.3, 0.4) is 0 Å². The molecule has 0 bridgehead atoms. The summed E-state index contributed by atoms with van der Waals surface area (Å²) in [6.45, 7) is 1.60. The van der Waals surface area contributed by atoms with Crippen LogP contribution in [0.15, 0.2) is 61.8 Å². The third-order valence-electron chi connectivity index (χ3n) is 5.15. The van der Waals surface area contributed by atoms with Gasteiger partial charge in [-0.1, -0.05) is 44.5 Å². The highest BCUT2D eigenvalue weighted by Gasteiger charge is 2.55. The Morgan fingerprint density at radius 1 is 1.16 bits per heavy atom. The van der Waals surface area contributed by atoms with Gasteiger partial charge in [0.15, 0.2) is 12.1 Å². The van der Waals surface area contributed by atoms with E-state index in [-0.39, 0.29) is 18.1 Å². The van der Waals surface area contributed by atoms with Crippen molar-refractivity contribution in [2.75, 3.05) is 4.90 Å². The second-order valence-electron chi connectivity index (χ2n) is 7.13. The summed E-state index contributed by atoms with van der Waals surface area (Å²) in [7, 11) is 0. The SMILES string of the molecule is Cc1ccc(N2C(=O)[C@@H]3[C@@H](N=NN3Cc3nc(-c4ccccc4Br)no3)C2=O)cc1F. The van der Waals surface area contributed by atoms with Crippen molar-refractivity contribution in [1.29, 1.82) is 0 Å². The highest BCUT2D eigenvalue weighted by atomic mass is 79.9. The van der Waals surface area contributed by atoms with Gasteiger partial charge in [-0.15, -0.1) is 0 Å². The van der Waals surface area contributed by atoms with Crippen LogP contribution in [0, 0.1) is 12.7 Å². The van der Waals surface area contributed by atoms with Crippen LogP contribution in [0.4, 0.5) is 10.1 Å². The number of anilines is 1. The molecule has 9 nitrogen and oxygen atoms in total. The fourth-order valence-corrected chi connectivity index (χ4v) is 4.00. The molecule has 0 saturated carbocycles. The quantitative estimate of drug-likeness (QED) is 0.525. The first-order valence-electron chi connectivity index (χ1n) is 9.33. The number of rotatable bonds is 4. The third kappa shape index (κ3) is 3.21. The van der Waals surface area contributed by atoms with Crippen molar-refractivity contribution in [2.45, 2.75) is 25.6 Å². The first-order chi connectivity index (χ1) is 14.9. The molecule has 2 amide bonds. The molecule has 0 unspecified atom stereocenters. The molecular formula is C20H14BrFN6O3. The molecular weight excluding hydrogens is 471 g/mol. The summed E-state index contributed by atoms with van der Waals surface area (Å²) in [6.07, 6.45) is 0. The Morgan fingerprint density at radius 3 is 2.74 bits per heavy atom. The number of hydrogen-bond donors (Lipinski definition) is 0. The van der Waals surface area contributed by atoms with Crippen LogP contribution in [0.25, 0.3) is 11.4 Å². The molecule has 1 fully saturated rings. The zero-order chi connectivity index (χ0) is 21.7. The molecule has 11 heteroatoms. The molecule has 5 rings (SSSR count).